The Morgan fingerprint density at radius 2 is 2.00 bits per heavy atom. The second kappa shape index (κ2) is 6.37. The van der Waals surface area contributed by atoms with Gasteiger partial charge < -0.3 is 10.2 Å². The third kappa shape index (κ3) is 2.75. The van der Waals surface area contributed by atoms with Crippen LogP contribution in [0.25, 0.3) is 5.65 Å². The van der Waals surface area contributed by atoms with Crippen molar-refractivity contribution in [3.05, 3.63) is 29.7 Å². The minimum absolute atomic E-state index is 0.0319. The topological polar surface area (TPSA) is 79.6 Å². The van der Waals surface area contributed by atoms with E-state index in [4.69, 9.17) is 0 Å². The van der Waals surface area contributed by atoms with Crippen molar-refractivity contribution in [2.75, 3.05) is 6.54 Å². The second-order valence-electron chi connectivity index (χ2n) is 7.75. The molecule has 0 aromatic carbocycles. The molecule has 2 aromatic rings. The summed E-state index contributed by atoms with van der Waals surface area (Å²) >= 11 is 0. The molecular formula is C19H25N5O2. The van der Waals surface area contributed by atoms with Gasteiger partial charge in [0.15, 0.2) is 5.65 Å². The van der Waals surface area contributed by atoms with E-state index >= 15 is 0 Å². The molecule has 2 fully saturated rings. The monoisotopic (exact) mass is 355 g/mol. The van der Waals surface area contributed by atoms with Gasteiger partial charge in [-0.3, -0.25) is 9.59 Å². The van der Waals surface area contributed by atoms with Gasteiger partial charge in [0.2, 0.25) is 5.91 Å². The number of aromatic nitrogens is 3. The number of nitrogens with one attached hydrogen (secondary N) is 1. The third-order valence-electron chi connectivity index (χ3n) is 5.78. The first-order valence-electron chi connectivity index (χ1n) is 9.42. The van der Waals surface area contributed by atoms with Crippen LogP contribution < -0.4 is 5.32 Å². The molecule has 0 spiro atoms. The quantitative estimate of drug-likeness (QED) is 0.914. The summed E-state index contributed by atoms with van der Waals surface area (Å²) < 4.78 is 1.62. The van der Waals surface area contributed by atoms with Crippen LogP contribution in [-0.2, 0) is 4.79 Å². The highest BCUT2D eigenvalue weighted by Gasteiger charge is 2.47. The van der Waals surface area contributed by atoms with E-state index in [1.165, 1.54) is 0 Å². The number of aryl methyl sites for hydroxylation is 1. The number of hydrogen-bond donors (Lipinski definition) is 1. The van der Waals surface area contributed by atoms with Crippen molar-refractivity contribution in [3.63, 3.8) is 0 Å². The minimum Gasteiger partial charge on any atom is -0.351 e. The van der Waals surface area contributed by atoms with Crippen molar-refractivity contribution >= 4 is 17.5 Å². The molecule has 7 nitrogen and oxygen atoms in total. The van der Waals surface area contributed by atoms with E-state index in [0.717, 1.165) is 37.7 Å². The van der Waals surface area contributed by atoms with Gasteiger partial charge in [0.05, 0.1) is 6.20 Å². The number of carbonyl (C=O) groups is 2. The number of fused-ring (bicyclic) bond motifs is 1. The van der Waals surface area contributed by atoms with E-state index in [0.29, 0.717) is 24.2 Å². The second-order valence-corrected chi connectivity index (χ2v) is 7.75. The molecule has 2 aliphatic rings. The average molecular weight is 355 g/mol. The number of amides is 2. The van der Waals surface area contributed by atoms with E-state index in [9.17, 15) is 9.59 Å². The summed E-state index contributed by atoms with van der Waals surface area (Å²) in [6.07, 6.45) is 11.0. The predicted octanol–water partition coefficient (Wildman–Crippen LogP) is 2.09. The maximum Gasteiger partial charge on any atom is 0.260 e. The third-order valence-corrected chi connectivity index (χ3v) is 5.78. The van der Waals surface area contributed by atoms with Crippen LogP contribution in [0.5, 0.6) is 0 Å². The molecule has 3 heterocycles. The first kappa shape index (κ1) is 17.0. The Balaban J connectivity index is 1.60. The summed E-state index contributed by atoms with van der Waals surface area (Å²) in [4.78, 5) is 32.3. The number of hydrogen-bond acceptors (Lipinski definition) is 4. The van der Waals surface area contributed by atoms with Gasteiger partial charge in [0.25, 0.3) is 5.91 Å². The number of nitrogens with zero attached hydrogens (tertiary/aromatic N) is 4. The fraction of sp³-hybridized carbons (Fsp3) is 0.579. The normalized spacial score (nSPS) is 23.7. The van der Waals surface area contributed by atoms with Crippen molar-refractivity contribution in [1.29, 1.82) is 0 Å². The molecule has 1 aliphatic carbocycles. The Bertz CT molecular complexity index is 855. The lowest BCUT2D eigenvalue weighted by Gasteiger charge is -2.34. The van der Waals surface area contributed by atoms with Gasteiger partial charge in [-0.2, -0.15) is 5.10 Å². The van der Waals surface area contributed by atoms with Gasteiger partial charge in [0, 0.05) is 25.0 Å². The molecule has 26 heavy (non-hydrogen) atoms. The van der Waals surface area contributed by atoms with Crippen molar-refractivity contribution in [3.8, 4) is 0 Å². The lowest BCUT2D eigenvalue weighted by atomic mass is 9.96. The van der Waals surface area contributed by atoms with Crippen LogP contribution in [0, 0.1) is 6.92 Å². The SMILES string of the molecule is Cc1cnc2c(C(=O)N3CCCC3(C)C(=O)NC3CCCC3)cnn2c1. The molecule has 2 amide bonds. The molecule has 0 radical (unpaired) electrons. The van der Waals surface area contributed by atoms with Gasteiger partial charge in [-0.05, 0) is 45.1 Å². The molecular weight excluding hydrogens is 330 g/mol. The Labute approximate surface area is 152 Å². The number of rotatable bonds is 3. The number of likely N-dealkylation sites (tertiary alicyclic amines) is 1. The van der Waals surface area contributed by atoms with Gasteiger partial charge in [-0.15, -0.1) is 0 Å². The lowest BCUT2D eigenvalue weighted by molar-refractivity contribution is -0.130. The summed E-state index contributed by atoms with van der Waals surface area (Å²) in [5.74, 6) is -0.201. The molecule has 1 atom stereocenters. The standard InChI is InChI=1S/C19H25N5O2/c1-13-10-20-16-15(11-21-24(16)12-13)17(25)23-9-5-8-19(23,2)18(26)22-14-6-3-4-7-14/h10-12,14H,3-9H2,1-2H3,(H,22,26). The summed E-state index contributed by atoms with van der Waals surface area (Å²) in [5.41, 5.74) is 1.15. The summed E-state index contributed by atoms with van der Waals surface area (Å²) in [5, 5.41) is 7.42. The molecule has 4 rings (SSSR count). The molecule has 1 aliphatic heterocycles. The van der Waals surface area contributed by atoms with Crippen LogP contribution in [0.2, 0.25) is 0 Å². The van der Waals surface area contributed by atoms with Crippen LogP contribution in [0.1, 0.15) is 61.4 Å². The lowest BCUT2D eigenvalue weighted by Crippen LogP contribution is -2.56. The van der Waals surface area contributed by atoms with E-state index < -0.39 is 5.54 Å². The zero-order valence-electron chi connectivity index (χ0n) is 15.4. The first-order valence-corrected chi connectivity index (χ1v) is 9.42. The Hall–Kier alpha value is -2.44. The van der Waals surface area contributed by atoms with Crippen LogP contribution >= 0.6 is 0 Å². The molecule has 1 N–H and O–H groups in total. The maximum atomic E-state index is 13.2. The maximum absolute atomic E-state index is 13.2. The molecule has 138 valence electrons. The molecule has 7 heteroatoms. The molecule has 0 bridgehead atoms. The van der Waals surface area contributed by atoms with Crippen molar-refractivity contribution < 1.29 is 9.59 Å². The van der Waals surface area contributed by atoms with E-state index in [1.807, 2.05) is 20.0 Å². The van der Waals surface area contributed by atoms with Gasteiger partial charge in [-0.25, -0.2) is 9.50 Å². The Morgan fingerprint density at radius 3 is 2.77 bits per heavy atom. The van der Waals surface area contributed by atoms with Crippen LogP contribution in [0.3, 0.4) is 0 Å². The van der Waals surface area contributed by atoms with E-state index in [2.05, 4.69) is 15.4 Å². The largest absolute Gasteiger partial charge is 0.351 e. The smallest absolute Gasteiger partial charge is 0.260 e. The minimum atomic E-state index is -0.807. The first-order chi connectivity index (χ1) is 12.5. The fourth-order valence-electron chi connectivity index (χ4n) is 4.20. The van der Waals surface area contributed by atoms with Crippen molar-refractivity contribution in [2.45, 2.75) is 64.0 Å². The molecule has 2 aromatic heterocycles. The Kier molecular flexibility index (Phi) is 4.17. The van der Waals surface area contributed by atoms with E-state index in [1.54, 1.807) is 21.8 Å². The van der Waals surface area contributed by atoms with Gasteiger partial charge in [0.1, 0.15) is 11.1 Å². The van der Waals surface area contributed by atoms with E-state index in [-0.39, 0.29) is 17.9 Å². The van der Waals surface area contributed by atoms with Gasteiger partial charge >= 0.3 is 0 Å². The summed E-state index contributed by atoms with van der Waals surface area (Å²) in [6.45, 7) is 4.39. The van der Waals surface area contributed by atoms with Crippen molar-refractivity contribution in [2.24, 2.45) is 0 Å². The van der Waals surface area contributed by atoms with Crippen LogP contribution in [-0.4, -0.2) is 49.4 Å². The zero-order valence-corrected chi connectivity index (χ0v) is 15.4. The fourth-order valence-corrected chi connectivity index (χ4v) is 4.20. The highest BCUT2D eigenvalue weighted by molar-refractivity contribution is 6.03. The highest BCUT2D eigenvalue weighted by atomic mass is 16.2. The van der Waals surface area contributed by atoms with Crippen LogP contribution in [0.4, 0.5) is 0 Å². The zero-order chi connectivity index (χ0) is 18.3. The molecule has 1 saturated carbocycles. The summed E-state index contributed by atoms with van der Waals surface area (Å²) in [7, 11) is 0. The van der Waals surface area contributed by atoms with Crippen LogP contribution in [0.15, 0.2) is 18.6 Å². The highest BCUT2D eigenvalue weighted by Crippen LogP contribution is 2.32. The number of carbonyl (C=O) groups excluding carboxylic acids is 2. The average Bonchev–Trinajstić information content (AvgIpc) is 3.34. The van der Waals surface area contributed by atoms with Crippen molar-refractivity contribution in [1.82, 2.24) is 24.8 Å². The van der Waals surface area contributed by atoms with Gasteiger partial charge in [-0.1, -0.05) is 12.8 Å². The molecule has 1 saturated heterocycles. The Morgan fingerprint density at radius 1 is 1.23 bits per heavy atom. The predicted molar refractivity (Wildman–Crippen MR) is 96.8 cm³/mol. The molecule has 1 unspecified atom stereocenters. The summed E-state index contributed by atoms with van der Waals surface area (Å²) in [6, 6.07) is 0.249.